The normalized spacial score (nSPS) is 10.5. The van der Waals surface area contributed by atoms with Crippen LogP contribution in [0.2, 0.25) is 0 Å². The summed E-state index contributed by atoms with van der Waals surface area (Å²) in [6.45, 7) is 0. The molecule has 0 radical (unpaired) electrons. The lowest BCUT2D eigenvalue weighted by Crippen LogP contribution is -2.11. The SMILES string of the molecule is N=C(N)c1cccc(-c2cc(-c3ccc(C(=N)N)cc3[N+](=O)[O-])on2)c1. The van der Waals surface area contributed by atoms with Gasteiger partial charge in [-0.1, -0.05) is 29.4 Å². The van der Waals surface area contributed by atoms with E-state index in [9.17, 15) is 10.1 Å². The molecule has 0 spiro atoms. The number of nitrogens with one attached hydrogen (secondary N) is 2. The van der Waals surface area contributed by atoms with Crippen LogP contribution in [-0.4, -0.2) is 21.8 Å². The molecule has 0 saturated heterocycles. The highest BCUT2D eigenvalue weighted by Gasteiger charge is 2.21. The Bertz CT molecular complexity index is 1040. The van der Waals surface area contributed by atoms with Crippen LogP contribution in [0.5, 0.6) is 0 Å². The third-order valence-corrected chi connectivity index (χ3v) is 3.75. The molecule has 0 amide bonds. The lowest BCUT2D eigenvalue weighted by atomic mass is 10.0. The Morgan fingerprint density at radius 2 is 1.73 bits per heavy atom. The Hall–Kier alpha value is -4.01. The summed E-state index contributed by atoms with van der Waals surface area (Å²) in [7, 11) is 0. The largest absolute Gasteiger partial charge is 0.384 e. The van der Waals surface area contributed by atoms with E-state index in [0.29, 0.717) is 16.8 Å². The molecular formula is C17H14N6O3. The number of nitrogen functional groups attached to an aromatic ring is 2. The zero-order valence-corrected chi connectivity index (χ0v) is 13.4. The van der Waals surface area contributed by atoms with E-state index in [1.165, 1.54) is 18.2 Å². The van der Waals surface area contributed by atoms with Crippen LogP contribution in [0, 0.1) is 20.9 Å². The molecule has 130 valence electrons. The van der Waals surface area contributed by atoms with E-state index < -0.39 is 4.92 Å². The minimum absolute atomic E-state index is 0.0778. The van der Waals surface area contributed by atoms with Crippen LogP contribution >= 0.6 is 0 Å². The number of amidine groups is 2. The van der Waals surface area contributed by atoms with Crippen LogP contribution in [0.15, 0.2) is 53.1 Å². The molecule has 0 aliphatic heterocycles. The van der Waals surface area contributed by atoms with Gasteiger partial charge >= 0.3 is 0 Å². The van der Waals surface area contributed by atoms with Crippen molar-refractivity contribution in [3.05, 3.63) is 69.8 Å². The first-order valence-corrected chi connectivity index (χ1v) is 7.41. The standard InChI is InChI=1S/C17H14N6O3/c18-16(19)10-3-1-2-9(6-10)13-8-15(26-22-13)12-5-4-11(17(20)21)7-14(12)23(24)25/h1-8H,(H3,18,19)(H3,20,21). The molecule has 0 atom stereocenters. The van der Waals surface area contributed by atoms with Gasteiger partial charge < -0.3 is 16.0 Å². The fourth-order valence-corrected chi connectivity index (χ4v) is 2.44. The molecular weight excluding hydrogens is 336 g/mol. The molecule has 3 aromatic rings. The summed E-state index contributed by atoms with van der Waals surface area (Å²) in [6, 6.07) is 12.6. The Labute approximate surface area is 147 Å². The minimum Gasteiger partial charge on any atom is -0.384 e. The number of benzene rings is 2. The third kappa shape index (κ3) is 3.13. The molecule has 0 aliphatic carbocycles. The van der Waals surface area contributed by atoms with Crippen molar-refractivity contribution in [1.82, 2.24) is 5.16 Å². The number of hydrogen-bond donors (Lipinski definition) is 4. The molecule has 0 saturated carbocycles. The van der Waals surface area contributed by atoms with E-state index in [1.54, 1.807) is 30.3 Å². The van der Waals surface area contributed by atoms with Gasteiger partial charge in [-0.3, -0.25) is 20.9 Å². The van der Waals surface area contributed by atoms with Crippen LogP contribution in [0.25, 0.3) is 22.6 Å². The highest BCUT2D eigenvalue weighted by molar-refractivity contribution is 5.97. The van der Waals surface area contributed by atoms with Crippen molar-refractivity contribution in [3.63, 3.8) is 0 Å². The Balaban J connectivity index is 2.05. The second-order valence-electron chi connectivity index (χ2n) is 5.47. The summed E-state index contributed by atoms with van der Waals surface area (Å²) in [5.41, 5.74) is 12.7. The van der Waals surface area contributed by atoms with Crippen molar-refractivity contribution < 1.29 is 9.45 Å². The van der Waals surface area contributed by atoms with E-state index in [2.05, 4.69) is 5.16 Å². The predicted octanol–water partition coefficient (Wildman–Crippen LogP) is 2.48. The first-order chi connectivity index (χ1) is 12.4. The second-order valence-corrected chi connectivity index (χ2v) is 5.47. The monoisotopic (exact) mass is 350 g/mol. The van der Waals surface area contributed by atoms with Gasteiger partial charge in [0.2, 0.25) is 0 Å². The van der Waals surface area contributed by atoms with Crippen molar-refractivity contribution in [2.75, 3.05) is 0 Å². The highest BCUT2D eigenvalue weighted by atomic mass is 16.6. The lowest BCUT2D eigenvalue weighted by molar-refractivity contribution is -0.384. The van der Waals surface area contributed by atoms with Gasteiger partial charge in [0.1, 0.15) is 17.4 Å². The average Bonchev–Trinajstić information content (AvgIpc) is 3.11. The van der Waals surface area contributed by atoms with Crippen molar-refractivity contribution in [1.29, 1.82) is 10.8 Å². The van der Waals surface area contributed by atoms with E-state index >= 15 is 0 Å². The molecule has 9 heteroatoms. The number of nitro groups is 1. The van der Waals surface area contributed by atoms with Crippen molar-refractivity contribution >= 4 is 17.4 Å². The van der Waals surface area contributed by atoms with Crippen LogP contribution < -0.4 is 11.5 Å². The second kappa shape index (κ2) is 6.48. The number of rotatable bonds is 5. The maximum Gasteiger partial charge on any atom is 0.281 e. The van der Waals surface area contributed by atoms with Gasteiger partial charge in [0.15, 0.2) is 5.76 Å². The van der Waals surface area contributed by atoms with Gasteiger partial charge in [0.05, 0.1) is 10.5 Å². The third-order valence-electron chi connectivity index (χ3n) is 3.75. The van der Waals surface area contributed by atoms with E-state index in [0.717, 1.165) is 0 Å². The molecule has 9 nitrogen and oxygen atoms in total. The molecule has 1 heterocycles. The molecule has 2 aromatic carbocycles. The molecule has 0 fully saturated rings. The fourth-order valence-electron chi connectivity index (χ4n) is 2.44. The number of hydrogen-bond acceptors (Lipinski definition) is 6. The smallest absolute Gasteiger partial charge is 0.281 e. The quantitative estimate of drug-likeness (QED) is 0.238. The summed E-state index contributed by atoms with van der Waals surface area (Å²) >= 11 is 0. The fraction of sp³-hybridized carbons (Fsp3) is 0. The van der Waals surface area contributed by atoms with Crippen molar-refractivity contribution in [3.8, 4) is 22.6 Å². The minimum atomic E-state index is -0.569. The first kappa shape index (κ1) is 16.8. The molecule has 0 unspecified atom stereocenters. The maximum absolute atomic E-state index is 11.4. The number of aromatic nitrogens is 1. The maximum atomic E-state index is 11.4. The lowest BCUT2D eigenvalue weighted by Gasteiger charge is -2.02. The zero-order valence-electron chi connectivity index (χ0n) is 13.4. The molecule has 1 aromatic heterocycles. The van der Waals surface area contributed by atoms with Crippen molar-refractivity contribution in [2.24, 2.45) is 11.5 Å². The van der Waals surface area contributed by atoms with Crippen LogP contribution in [0.3, 0.4) is 0 Å². The Kier molecular flexibility index (Phi) is 4.19. The summed E-state index contributed by atoms with van der Waals surface area (Å²) < 4.78 is 5.27. The summed E-state index contributed by atoms with van der Waals surface area (Å²) in [5, 5.41) is 30.2. The Morgan fingerprint density at radius 1 is 1.04 bits per heavy atom. The molecule has 26 heavy (non-hydrogen) atoms. The molecule has 3 rings (SSSR count). The van der Waals surface area contributed by atoms with Gasteiger partial charge in [-0.05, 0) is 12.1 Å². The van der Waals surface area contributed by atoms with Crippen LogP contribution in [0.1, 0.15) is 11.1 Å². The predicted molar refractivity (Wildman–Crippen MR) is 96.1 cm³/mol. The number of nitrogens with two attached hydrogens (primary N) is 2. The summed E-state index contributed by atoms with van der Waals surface area (Å²) in [5.74, 6) is -0.139. The Morgan fingerprint density at radius 3 is 2.38 bits per heavy atom. The van der Waals surface area contributed by atoms with E-state index in [-0.39, 0.29) is 34.2 Å². The van der Waals surface area contributed by atoms with Gasteiger partial charge in [0.25, 0.3) is 5.69 Å². The number of nitrogens with zero attached hydrogens (tertiary/aromatic N) is 2. The molecule has 0 aliphatic rings. The van der Waals surface area contributed by atoms with Crippen LogP contribution in [-0.2, 0) is 0 Å². The van der Waals surface area contributed by atoms with Gasteiger partial charge in [-0.15, -0.1) is 0 Å². The van der Waals surface area contributed by atoms with E-state index in [1.807, 2.05) is 0 Å². The van der Waals surface area contributed by atoms with Gasteiger partial charge in [-0.25, -0.2) is 0 Å². The summed E-state index contributed by atoms with van der Waals surface area (Å²) in [6.07, 6.45) is 0. The molecule has 0 bridgehead atoms. The van der Waals surface area contributed by atoms with Crippen LogP contribution in [0.4, 0.5) is 5.69 Å². The summed E-state index contributed by atoms with van der Waals surface area (Å²) in [4.78, 5) is 10.8. The van der Waals surface area contributed by atoms with Gasteiger partial charge in [0, 0.05) is 28.8 Å². The first-order valence-electron chi connectivity index (χ1n) is 7.41. The van der Waals surface area contributed by atoms with E-state index in [4.69, 9.17) is 26.8 Å². The van der Waals surface area contributed by atoms with Crippen molar-refractivity contribution in [2.45, 2.75) is 0 Å². The average molecular weight is 350 g/mol. The molecule has 6 N–H and O–H groups in total. The highest BCUT2D eigenvalue weighted by Crippen LogP contribution is 2.33. The topological polar surface area (TPSA) is 169 Å². The number of nitro benzene ring substituents is 1. The zero-order chi connectivity index (χ0) is 18.8. The van der Waals surface area contributed by atoms with Gasteiger partial charge in [-0.2, -0.15) is 0 Å².